The zero-order chi connectivity index (χ0) is 19.1. The van der Waals surface area contributed by atoms with Gasteiger partial charge in [-0.15, -0.1) is 0 Å². The molecule has 0 saturated carbocycles. The highest BCUT2D eigenvalue weighted by Crippen LogP contribution is 2.10. The lowest BCUT2D eigenvalue weighted by atomic mass is 10.00. The van der Waals surface area contributed by atoms with E-state index < -0.39 is 35.7 Å². The van der Waals surface area contributed by atoms with Crippen molar-refractivity contribution in [2.75, 3.05) is 0 Å². The fourth-order valence-electron chi connectivity index (χ4n) is 2.35. The Labute approximate surface area is 146 Å². The molecule has 138 valence electrons. The number of carboxylic acids is 1. The fraction of sp³-hybridized carbons (Fsp3) is 0.500. The summed E-state index contributed by atoms with van der Waals surface area (Å²) in [6, 6.07) is 3.44. The van der Waals surface area contributed by atoms with E-state index in [0.717, 1.165) is 6.07 Å². The molecule has 7 heteroatoms. The number of halogens is 1. The molecule has 0 saturated heterocycles. The number of rotatable bonds is 8. The standard InChI is InChI=1S/C18H25FN2O4/c1-10(2)9-14(18(24)25)20-17(23)15(11(3)4)21-16(22)12-7-5-6-8-13(12)19/h5-8,10-11,14-15H,9H2,1-4H3,(H,20,23)(H,21,22)(H,24,25)/t14-,15?/m1/s1. The van der Waals surface area contributed by atoms with Crippen molar-refractivity contribution < 1.29 is 23.9 Å². The van der Waals surface area contributed by atoms with Crippen LogP contribution < -0.4 is 10.6 Å². The van der Waals surface area contributed by atoms with Crippen LogP contribution in [0.3, 0.4) is 0 Å². The van der Waals surface area contributed by atoms with E-state index in [4.69, 9.17) is 0 Å². The first-order valence-electron chi connectivity index (χ1n) is 8.22. The SMILES string of the molecule is CC(C)C[C@@H](NC(=O)C(NC(=O)c1ccccc1F)C(C)C)C(=O)O. The molecule has 0 spiro atoms. The molecule has 0 aromatic heterocycles. The van der Waals surface area contributed by atoms with Gasteiger partial charge in [0.15, 0.2) is 0 Å². The van der Waals surface area contributed by atoms with Gasteiger partial charge in [-0.2, -0.15) is 0 Å². The summed E-state index contributed by atoms with van der Waals surface area (Å²) < 4.78 is 13.7. The van der Waals surface area contributed by atoms with Gasteiger partial charge in [-0.1, -0.05) is 39.8 Å². The van der Waals surface area contributed by atoms with Gasteiger partial charge in [0.25, 0.3) is 5.91 Å². The average Bonchev–Trinajstić information content (AvgIpc) is 2.51. The molecular weight excluding hydrogens is 327 g/mol. The molecule has 1 rings (SSSR count). The molecular formula is C18H25FN2O4. The Balaban J connectivity index is 2.88. The van der Waals surface area contributed by atoms with E-state index in [0.29, 0.717) is 0 Å². The van der Waals surface area contributed by atoms with Gasteiger partial charge in [-0.05, 0) is 30.4 Å². The van der Waals surface area contributed by atoms with Crippen molar-refractivity contribution in [3.63, 3.8) is 0 Å². The van der Waals surface area contributed by atoms with E-state index >= 15 is 0 Å². The second-order valence-corrected chi connectivity index (χ2v) is 6.70. The summed E-state index contributed by atoms with van der Waals surface area (Å²) in [7, 11) is 0. The normalized spacial score (nSPS) is 13.4. The summed E-state index contributed by atoms with van der Waals surface area (Å²) in [6.45, 7) is 7.12. The molecule has 0 bridgehead atoms. The predicted octanol–water partition coefficient (Wildman–Crippen LogP) is 2.20. The molecule has 1 aromatic rings. The topological polar surface area (TPSA) is 95.5 Å². The molecule has 0 radical (unpaired) electrons. The molecule has 0 fully saturated rings. The first kappa shape index (κ1) is 20.6. The Bertz CT molecular complexity index is 631. The highest BCUT2D eigenvalue weighted by molar-refractivity contribution is 5.98. The molecule has 2 amide bonds. The van der Waals surface area contributed by atoms with Crippen molar-refractivity contribution in [3.05, 3.63) is 35.6 Å². The summed E-state index contributed by atoms with van der Waals surface area (Å²) in [4.78, 5) is 36.0. The number of nitrogens with one attached hydrogen (secondary N) is 2. The first-order valence-corrected chi connectivity index (χ1v) is 8.22. The number of aliphatic carboxylic acids is 1. The summed E-state index contributed by atoms with van der Waals surface area (Å²) in [6.07, 6.45) is 0.271. The minimum atomic E-state index is -1.13. The maximum absolute atomic E-state index is 13.7. The predicted molar refractivity (Wildman–Crippen MR) is 91.5 cm³/mol. The zero-order valence-electron chi connectivity index (χ0n) is 14.9. The van der Waals surface area contributed by atoms with Crippen molar-refractivity contribution in [2.24, 2.45) is 11.8 Å². The molecule has 0 aliphatic carbocycles. The van der Waals surface area contributed by atoms with Gasteiger partial charge in [0.1, 0.15) is 17.9 Å². The lowest BCUT2D eigenvalue weighted by Gasteiger charge is -2.24. The Hall–Kier alpha value is -2.44. The van der Waals surface area contributed by atoms with E-state index in [1.807, 2.05) is 13.8 Å². The van der Waals surface area contributed by atoms with E-state index in [2.05, 4.69) is 10.6 Å². The molecule has 0 aliphatic rings. The summed E-state index contributed by atoms with van der Waals surface area (Å²) in [5.74, 6) is -3.37. The lowest BCUT2D eigenvalue weighted by Crippen LogP contribution is -2.54. The number of carbonyl (C=O) groups excluding carboxylic acids is 2. The number of carbonyl (C=O) groups is 3. The summed E-state index contributed by atoms with van der Waals surface area (Å²) in [5, 5.41) is 14.2. The smallest absolute Gasteiger partial charge is 0.326 e. The quantitative estimate of drug-likeness (QED) is 0.668. The largest absolute Gasteiger partial charge is 0.480 e. The molecule has 2 atom stereocenters. The number of benzene rings is 1. The van der Waals surface area contributed by atoms with Crippen LogP contribution in [0.1, 0.15) is 44.5 Å². The number of hydrogen-bond acceptors (Lipinski definition) is 3. The Morgan fingerprint density at radius 3 is 2.16 bits per heavy atom. The van der Waals surface area contributed by atoms with Crippen LogP contribution in [0, 0.1) is 17.7 Å². The highest BCUT2D eigenvalue weighted by Gasteiger charge is 2.29. The van der Waals surface area contributed by atoms with Gasteiger partial charge in [0, 0.05) is 0 Å². The Morgan fingerprint density at radius 1 is 1.08 bits per heavy atom. The third-order valence-corrected chi connectivity index (χ3v) is 3.68. The molecule has 6 nitrogen and oxygen atoms in total. The van der Waals surface area contributed by atoms with Gasteiger partial charge in [-0.25, -0.2) is 9.18 Å². The second-order valence-electron chi connectivity index (χ2n) is 6.70. The monoisotopic (exact) mass is 352 g/mol. The van der Waals surface area contributed by atoms with Crippen LogP contribution in [0.25, 0.3) is 0 Å². The zero-order valence-corrected chi connectivity index (χ0v) is 14.9. The van der Waals surface area contributed by atoms with Crippen molar-refractivity contribution in [1.29, 1.82) is 0 Å². The maximum Gasteiger partial charge on any atom is 0.326 e. The molecule has 3 N–H and O–H groups in total. The number of hydrogen-bond donors (Lipinski definition) is 3. The lowest BCUT2D eigenvalue weighted by molar-refractivity contribution is -0.142. The van der Waals surface area contributed by atoms with Gasteiger partial charge in [0.05, 0.1) is 5.56 Å². The van der Waals surface area contributed by atoms with E-state index in [1.165, 1.54) is 18.2 Å². The van der Waals surface area contributed by atoms with E-state index in [1.54, 1.807) is 13.8 Å². The van der Waals surface area contributed by atoms with Crippen LogP contribution >= 0.6 is 0 Å². The molecule has 0 heterocycles. The summed E-state index contributed by atoms with van der Waals surface area (Å²) >= 11 is 0. The van der Waals surface area contributed by atoms with Gasteiger partial charge < -0.3 is 15.7 Å². The molecule has 1 unspecified atom stereocenters. The van der Waals surface area contributed by atoms with E-state index in [-0.39, 0.29) is 23.8 Å². The van der Waals surface area contributed by atoms with E-state index in [9.17, 15) is 23.9 Å². The maximum atomic E-state index is 13.7. The van der Waals surface area contributed by atoms with Crippen molar-refractivity contribution >= 4 is 17.8 Å². The molecule has 0 aliphatic heterocycles. The third-order valence-electron chi connectivity index (χ3n) is 3.68. The van der Waals surface area contributed by atoms with Crippen molar-refractivity contribution in [1.82, 2.24) is 10.6 Å². The highest BCUT2D eigenvalue weighted by atomic mass is 19.1. The van der Waals surface area contributed by atoms with Crippen LogP contribution in [0.5, 0.6) is 0 Å². The van der Waals surface area contributed by atoms with Crippen molar-refractivity contribution in [3.8, 4) is 0 Å². The number of amides is 2. The number of carboxylic acid groups (broad SMARTS) is 1. The second kappa shape index (κ2) is 9.15. The molecule has 1 aromatic carbocycles. The van der Waals surface area contributed by atoms with Gasteiger partial charge >= 0.3 is 5.97 Å². The first-order chi connectivity index (χ1) is 11.6. The Kier molecular flexibility index (Phi) is 7.54. The minimum absolute atomic E-state index is 0.0758. The summed E-state index contributed by atoms with van der Waals surface area (Å²) in [5.41, 5.74) is -0.169. The van der Waals surface area contributed by atoms with Crippen LogP contribution in [-0.2, 0) is 9.59 Å². The van der Waals surface area contributed by atoms with Crippen LogP contribution in [-0.4, -0.2) is 35.0 Å². The average molecular weight is 352 g/mol. The van der Waals surface area contributed by atoms with Crippen LogP contribution in [0.4, 0.5) is 4.39 Å². The van der Waals surface area contributed by atoms with Gasteiger partial charge in [-0.3, -0.25) is 9.59 Å². The van der Waals surface area contributed by atoms with Crippen molar-refractivity contribution in [2.45, 2.75) is 46.2 Å². The fourth-order valence-corrected chi connectivity index (χ4v) is 2.35. The van der Waals surface area contributed by atoms with Crippen LogP contribution in [0.2, 0.25) is 0 Å². The Morgan fingerprint density at radius 2 is 1.68 bits per heavy atom. The van der Waals surface area contributed by atoms with Gasteiger partial charge in [0.2, 0.25) is 5.91 Å². The minimum Gasteiger partial charge on any atom is -0.480 e. The molecule has 25 heavy (non-hydrogen) atoms. The third kappa shape index (κ3) is 6.17. The van der Waals surface area contributed by atoms with Crippen LogP contribution in [0.15, 0.2) is 24.3 Å².